The lowest BCUT2D eigenvalue weighted by Gasteiger charge is -2.18. The first-order valence-electron chi connectivity index (χ1n) is 7.12. The van der Waals surface area contributed by atoms with Gasteiger partial charge in [-0.3, -0.25) is 4.55 Å². The van der Waals surface area contributed by atoms with Crippen LogP contribution in [0.25, 0.3) is 0 Å². The van der Waals surface area contributed by atoms with Crippen LogP contribution in [0.15, 0.2) is 51.6 Å². The van der Waals surface area contributed by atoms with Crippen molar-refractivity contribution in [2.45, 2.75) is 11.8 Å². The van der Waals surface area contributed by atoms with Gasteiger partial charge in [0.25, 0.3) is 10.1 Å². The molecule has 0 atom stereocenters. The zero-order chi connectivity index (χ0) is 19.5. The van der Waals surface area contributed by atoms with Gasteiger partial charge >= 0.3 is 5.97 Å². The molecule has 0 spiro atoms. The number of aromatic carboxylic acids is 1. The van der Waals surface area contributed by atoms with Crippen LogP contribution >= 0.6 is 23.2 Å². The summed E-state index contributed by atoms with van der Waals surface area (Å²) in [6, 6.07) is 7.74. The molecule has 11 heteroatoms. The van der Waals surface area contributed by atoms with Crippen molar-refractivity contribution >= 4 is 50.7 Å². The highest BCUT2D eigenvalue weighted by atomic mass is 35.5. The maximum absolute atomic E-state index is 11.5. The Morgan fingerprint density at radius 3 is 2.46 bits per heavy atom. The average molecular weight is 418 g/mol. The SMILES string of the molecule is CCN(N=Nc1cc(Cl)ccc1Cl)c1ccc(S(=O)(=O)O)cc1C(=O)O. The molecule has 2 aromatic carbocycles. The number of rotatable bonds is 6. The molecular weight excluding hydrogens is 405 g/mol. The fraction of sp³-hybridized carbons (Fsp3) is 0.133. The Labute approximate surface area is 159 Å². The van der Waals surface area contributed by atoms with E-state index in [1.807, 2.05) is 0 Å². The van der Waals surface area contributed by atoms with Crippen molar-refractivity contribution in [1.29, 1.82) is 0 Å². The van der Waals surface area contributed by atoms with E-state index >= 15 is 0 Å². The van der Waals surface area contributed by atoms with E-state index in [0.29, 0.717) is 10.0 Å². The number of benzene rings is 2. The molecule has 0 unspecified atom stereocenters. The maximum atomic E-state index is 11.5. The minimum Gasteiger partial charge on any atom is -0.478 e. The third kappa shape index (κ3) is 4.70. The number of carbonyl (C=O) groups is 1. The summed E-state index contributed by atoms with van der Waals surface area (Å²) in [4.78, 5) is 10.9. The van der Waals surface area contributed by atoms with Crippen LogP contribution in [0, 0.1) is 0 Å². The molecule has 0 saturated carbocycles. The van der Waals surface area contributed by atoms with Crippen molar-refractivity contribution < 1.29 is 22.9 Å². The summed E-state index contributed by atoms with van der Waals surface area (Å²) in [7, 11) is -4.54. The van der Waals surface area contributed by atoms with E-state index in [1.165, 1.54) is 23.2 Å². The second-order valence-electron chi connectivity index (χ2n) is 4.96. The highest BCUT2D eigenvalue weighted by Crippen LogP contribution is 2.30. The van der Waals surface area contributed by atoms with Gasteiger partial charge in [-0.15, -0.1) is 5.11 Å². The van der Waals surface area contributed by atoms with Gasteiger partial charge in [-0.2, -0.15) is 8.42 Å². The van der Waals surface area contributed by atoms with Crippen LogP contribution in [0.4, 0.5) is 11.4 Å². The van der Waals surface area contributed by atoms with Crippen molar-refractivity contribution in [2.75, 3.05) is 11.6 Å². The lowest BCUT2D eigenvalue weighted by atomic mass is 10.1. The zero-order valence-electron chi connectivity index (χ0n) is 13.3. The lowest BCUT2D eigenvalue weighted by Crippen LogP contribution is -2.18. The van der Waals surface area contributed by atoms with Crippen molar-refractivity contribution in [3.63, 3.8) is 0 Å². The quantitative estimate of drug-likeness (QED) is 0.406. The molecule has 2 N–H and O–H groups in total. The summed E-state index contributed by atoms with van der Waals surface area (Å²) in [5.74, 6) is -1.39. The van der Waals surface area contributed by atoms with Gasteiger partial charge < -0.3 is 5.11 Å². The van der Waals surface area contributed by atoms with Crippen molar-refractivity contribution in [3.8, 4) is 0 Å². The Morgan fingerprint density at radius 1 is 1.19 bits per heavy atom. The minimum absolute atomic E-state index is 0.0919. The Morgan fingerprint density at radius 2 is 1.88 bits per heavy atom. The van der Waals surface area contributed by atoms with Crippen LogP contribution in [-0.4, -0.2) is 30.6 Å². The number of carboxylic acids is 1. The highest BCUT2D eigenvalue weighted by Gasteiger charge is 2.20. The smallest absolute Gasteiger partial charge is 0.337 e. The largest absolute Gasteiger partial charge is 0.478 e. The van der Waals surface area contributed by atoms with E-state index < -0.39 is 21.0 Å². The second-order valence-corrected chi connectivity index (χ2v) is 7.23. The van der Waals surface area contributed by atoms with E-state index in [4.69, 9.17) is 27.8 Å². The van der Waals surface area contributed by atoms with E-state index in [9.17, 15) is 18.3 Å². The van der Waals surface area contributed by atoms with Crippen molar-refractivity contribution in [1.82, 2.24) is 0 Å². The van der Waals surface area contributed by atoms with Gasteiger partial charge in [0.2, 0.25) is 0 Å². The number of hydrogen-bond donors (Lipinski definition) is 2. The van der Waals surface area contributed by atoms with Crippen molar-refractivity contribution in [3.05, 3.63) is 52.0 Å². The monoisotopic (exact) mass is 417 g/mol. The van der Waals surface area contributed by atoms with E-state index in [1.54, 1.807) is 13.0 Å². The zero-order valence-corrected chi connectivity index (χ0v) is 15.6. The third-order valence-electron chi connectivity index (χ3n) is 3.24. The number of carboxylic acid groups (broad SMARTS) is 1. The minimum atomic E-state index is -4.54. The Hall–Kier alpha value is -2.20. The number of halogens is 2. The molecule has 0 aromatic heterocycles. The van der Waals surface area contributed by atoms with Crippen LogP contribution in [0.2, 0.25) is 10.0 Å². The Bertz CT molecular complexity index is 979. The normalized spacial score (nSPS) is 11.7. The highest BCUT2D eigenvalue weighted by molar-refractivity contribution is 7.85. The standard InChI is InChI=1S/C15H13Cl2N3O5S/c1-2-20(19-18-13-7-9(16)3-5-12(13)17)14-6-4-10(26(23,24)25)8-11(14)15(21)22/h3-8H,2H2,1H3,(H,21,22)(H,23,24,25). The van der Waals surface area contributed by atoms with Crippen molar-refractivity contribution in [2.24, 2.45) is 10.3 Å². The second kappa shape index (κ2) is 8.00. The van der Waals surface area contributed by atoms with Gasteiger partial charge in [0.1, 0.15) is 5.69 Å². The van der Waals surface area contributed by atoms with Gasteiger partial charge in [0.05, 0.1) is 21.2 Å². The molecule has 0 heterocycles. The number of nitrogens with zero attached hydrogens (tertiary/aromatic N) is 3. The molecule has 0 aliphatic carbocycles. The predicted octanol–water partition coefficient (Wildman–Crippen LogP) is 4.46. The molecule has 0 radical (unpaired) electrons. The van der Waals surface area contributed by atoms with Crippen LogP contribution in [0.1, 0.15) is 17.3 Å². The number of anilines is 1. The molecule has 26 heavy (non-hydrogen) atoms. The Kier molecular flexibility index (Phi) is 6.19. The van der Waals surface area contributed by atoms with E-state index in [0.717, 1.165) is 12.1 Å². The van der Waals surface area contributed by atoms with Gasteiger partial charge in [-0.25, -0.2) is 9.80 Å². The summed E-state index contributed by atoms with van der Waals surface area (Å²) in [5.41, 5.74) is 0.0106. The molecule has 0 aliphatic rings. The molecule has 0 amide bonds. The molecule has 0 saturated heterocycles. The van der Waals surface area contributed by atoms with E-state index in [-0.39, 0.29) is 23.5 Å². The predicted molar refractivity (Wildman–Crippen MR) is 97.2 cm³/mol. The van der Waals surface area contributed by atoms with E-state index in [2.05, 4.69) is 10.3 Å². The molecule has 0 bridgehead atoms. The lowest BCUT2D eigenvalue weighted by molar-refractivity contribution is 0.0697. The number of hydrogen-bond acceptors (Lipinski definition) is 5. The summed E-state index contributed by atoms with van der Waals surface area (Å²) in [5, 5.41) is 19.2. The first-order chi connectivity index (χ1) is 12.1. The molecule has 2 aromatic rings. The van der Waals surface area contributed by atoms with Crippen LogP contribution in [0.3, 0.4) is 0 Å². The molecule has 138 valence electrons. The summed E-state index contributed by atoms with van der Waals surface area (Å²) in [6.07, 6.45) is 0. The summed E-state index contributed by atoms with van der Waals surface area (Å²) in [6.45, 7) is 1.92. The first kappa shape index (κ1) is 20.1. The van der Waals surface area contributed by atoms with Gasteiger partial charge in [0, 0.05) is 11.6 Å². The summed E-state index contributed by atoms with van der Waals surface area (Å²) < 4.78 is 31.5. The first-order valence-corrected chi connectivity index (χ1v) is 9.32. The summed E-state index contributed by atoms with van der Waals surface area (Å²) >= 11 is 11.9. The fourth-order valence-corrected chi connectivity index (χ4v) is 2.85. The van der Waals surface area contributed by atoms with Gasteiger partial charge in [-0.05, 0) is 43.3 Å². The Balaban J connectivity index is 2.48. The molecule has 8 nitrogen and oxygen atoms in total. The third-order valence-corrected chi connectivity index (χ3v) is 4.65. The molecule has 0 fully saturated rings. The molecule has 2 rings (SSSR count). The molecule has 0 aliphatic heterocycles. The fourth-order valence-electron chi connectivity index (χ4n) is 2.02. The average Bonchev–Trinajstić information content (AvgIpc) is 2.57. The van der Waals surface area contributed by atoms with Gasteiger partial charge in [-0.1, -0.05) is 28.4 Å². The maximum Gasteiger partial charge on any atom is 0.337 e. The van der Waals surface area contributed by atoms with Crippen LogP contribution < -0.4 is 5.01 Å². The van der Waals surface area contributed by atoms with Crippen LogP contribution in [-0.2, 0) is 10.1 Å². The molecular formula is C15H13Cl2N3O5S. The van der Waals surface area contributed by atoms with Crippen LogP contribution in [0.5, 0.6) is 0 Å². The topological polar surface area (TPSA) is 120 Å². The van der Waals surface area contributed by atoms with Gasteiger partial charge in [0.15, 0.2) is 0 Å².